The third kappa shape index (κ3) is 4.49. The van der Waals surface area contributed by atoms with Crippen molar-refractivity contribution in [3.63, 3.8) is 0 Å². The summed E-state index contributed by atoms with van der Waals surface area (Å²) in [6, 6.07) is 5.43. The SMILES string of the molecule is COCCCC[C@@](O)(c1ccccc1C(F)(F)F)[C@@H]1CCCNC1. The van der Waals surface area contributed by atoms with Gasteiger partial charge in [-0.2, -0.15) is 13.2 Å². The molecule has 1 aromatic carbocycles. The number of aliphatic hydroxyl groups is 1. The number of hydrogen-bond acceptors (Lipinski definition) is 3. The van der Waals surface area contributed by atoms with Crippen molar-refractivity contribution >= 4 is 0 Å². The molecule has 1 heterocycles. The number of methoxy groups -OCH3 is 1. The van der Waals surface area contributed by atoms with Gasteiger partial charge < -0.3 is 15.2 Å². The first-order chi connectivity index (χ1) is 11.4. The number of ether oxygens (including phenoxy) is 1. The Morgan fingerprint density at radius 2 is 1.92 bits per heavy atom. The molecule has 1 aliphatic heterocycles. The summed E-state index contributed by atoms with van der Waals surface area (Å²) in [5.41, 5.74) is -2.21. The van der Waals surface area contributed by atoms with Gasteiger partial charge in [-0.15, -0.1) is 0 Å². The Kier molecular flexibility index (Phi) is 6.66. The summed E-state index contributed by atoms with van der Waals surface area (Å²) in [7, 11) is 1.59. The predicted molar refractivity (Wildman–Crippen MR) is 86.7 cm³/mol. The van der Waals surface area contributed by atoms with Gasteiger partial charge in [0.1, 0.15) is 0 Å². The highest BCUT2D eigenvalue weighted by Gasteiger charge is 2.44. The Hall–Kier alpha value is -1.11. The Bertz CT molecular complexity index is 515. The van der Waals surface area contributed by atoms with Crippen LogP contribution in [0.15, 0.2) is 24.3 Å². The van der Waals surface area contributed by atoms with Crippen LogP contribution < -0.4 is 5.32 Å². The van der Waals surface area contributed by atoms with Crippen molar-refractivity contribution in [2.75, 3.05) is 26.8 Å². The van der Waals surface area contributed by atoms with Gasteiger partial charge in [0.15, 0.2) is 0 Å². The van der Waals surface area contributed by atoms with Gasteiger partial charge in [0.2, 0.25) is 0 Å². The molecule has 0 aromatic heterocycles. The van der Waals surface area contributed by atoms with Crippen molar-refractivity contribution in [3.8, 4) is 0 Å². The smallest absolute Gasteiger partial charge is 0.385 e. The second-order valence-corrected chi connectivity index (χ2v) is 6.46. The van der Waals surface area contributed by atoms with Crippen LogP contribution in [-0.4, -0.2) is 31.9 Å². The van der Waals surface area contributed by atoms with Gasteiger partial charge >= 0.3 is 6.18 Å². The molecule has 0 radical (unpaired) electrons. The maximum Gasteiger partial charge on any atom is 0.416 e. The lowest BCUT2D eigenvalue weighted by Crippen LogP contribution is -2.45. The van der Waals surface area contributed by atoms with Crippen LogP contribution in [0.4, 0.5) is 13.2 Å². The molecule has 0 bridgehead atoms. The van der Waals surface area contributed by atoms with Gasteiger partial charge in [0.25, 0.3) is 0 Å². The summed E-state index contributed by atoms with van der Waals surface area (Å²) in [6.45, 7) is 1.92. The minimum Gasteiger partial charge on any atom is -0.385 e. The number of nitrogens with one attached hydrogen (secondary N) is 1. The van der Waals surface area contributed by atoms with Crippen molar-refractivity contribution in [3.05, 3.63) is 35.4 Å². The highest BCUT2D eigenvalue weighted by Crippen LogP contribution is 2.44. The normalized spacial score (nSPS) is 21.5. The lowest BCUT2D eigenvalue weighted by Gasteiger charge is -2.40. The van der Waals surface area contributed by atoms with E-state index in [-0.39, 0.29) is 11.5 Å². The maximum atomic E-state index is 13.4. The van der Waals surface area contributed by atoms with Crippen LogP contribution in [0.3, 0.4) is 0 Å². The summed E-state index contributed by atoms with van der Waals surface area (Å²) >= 11 is 0. The van der Waals surface area contributed by atoms with Gasteiger partial charge in [0, 0.05) is 26.2 Å². The van der Waals surface area contributed by atoms with E-state index in [9.17, 15) is 18.3 Å². The number of benzene rings is 1. The largest absolute Gasteiger partial charge is 0.416 e. The first kappa shape index (κ1) is 19.2. The van der Waals surface area contributed by atoms with Crippen LogP contribution in [0.25, 0.3) is 0 Å². The summed E-state index contributed by atoms with van der Waals surface area (Å²) in [6.07, 6.45) is -1.26. The number of alkyl halides is 3. The van der Waals surface area contributed by atoms with Crippen molar-refractivity contribution < 1.29 is 23.0 Å². The average molecular weight is 345 g/mol. The standard InChI is InChI=1S/C18H26F3NO2/c1-24-12-5-4-10-17(23,14-7-6-11-22-13-14)15-8-2-3-9-16(15)18(19,20)21/h2-3,8-9,14,22-23H,4-7,10-13H2,1H3/t14-,17+/m1/s1. The maximum absolute atomic E-state index is 13.4. The van der Waals surface area contributed by atoms with E-state index in [4.69, 9.17) is 4.74 Å². The van der Waals surface area contributed by atoms with Crippen LogP contribution in [-0.2, 0) is 16.5 Å². The highest BCUT2D eigenvalue weighted by molar-refractivity contribution is 5.35. The summed E-state index contributed by atoms with van der Waals surface area (Å²) in [4.78, 5) is 0. The molecular weight excluding hydrogens is 319 g/mol. The van der Waals surface area contributed by atoms with E-state index in [1.54, 1.807) is 13.2 Å². The molecule has 136 valence electrons. The molecule has 0 saturated carbocycles. The fourth-order valence-electron chi connectivity index (χ4n) is 3.57. The molecule has 2 atom stereocenters. The van der Waals surface area contributed by atoms with Crippen molar-refractivity contribution in [2.45, 2.75) is 43.9 Å². The first-order valence-corrected chi connectivity index (χ1v) is 8.48. The van der Waals surface area contributed by atoms with Gasteiger partial charge in [-0.3, -0.25) is 0 Å². The number of halogens is 3. The molecule has 1 aromatic rings. The van der Waals surface area contributed by atoms with E-state index in [1.807, 2.05) is 0 Å². The van der Waals surface area contributed by atoms with Gasteiger partial charge in [0.05, 0.1) is 11.2 Å². The quantitative estimate of drug-likeness (QED) is 0.740. The molecule has 2 rings (SSSR count). The Morgan fingerprint density at radius 1 is 1.21 bits per heavy atom. The number of hydrogen-bond donors (Lipinski definition) is 2. The molecule has 0 spiro atoms. The Balaban J connectivity index is 2.34. The van der Waals surface area contributed by atoms with Crippen molar-refractivity contribution in [2.24, 2.45) is 5.92 Å². The molecular formula is C18H26F3NO2. The minimum atomic E-state index is -4.47. The van der Waals surface area contributed by atoms with E-state index in [0.717, 1.165) is 25.5 Å². The average Bonchev–Trinajstić information content (AvgIpc) is 2.58. The summed E-state index contributed by atoms with van der Waals surface area (Å²) in [5, 5.41) is 14.6. The van der Waals surface area contributed by atoms with E-state index < -0.39 is 17.3 Å². The predicted octanol–water partition coefficient (Wildman–Crippen LogP) is 3.71. The molecule has 0 aliphatic carbocycles. The number of unbranched alkanes of at least 4 members (excludes halogenated alkanes) is 1. The second-order valence-electron chi connectivity index (χ2n) is 6.46. The Labute approximate surface area is 141 Å². The molecule has 0 unspecified atom stereocenters. The van der Waals surface area contributed by atoms with Gasteiger partial charge in [-0.1, -0.05) is 18.2 Å². The topological polar surface area (TPSA) is 41.5 Å². The van der Waals surface area contributed by atoms with E-state index in [1.165, 1.54) is 12.1 Å². The van der Waals surface area contributed by atoms with Crippen LogP contribution in [0.1, 0.15) is 43.2 Å². The fourth-order valence-corrected chi connectivity index (χ4v) is 3.57. The zero-order valence-electron chi connectivity index (χ0n) is 14.0. The first-order valence-electron chi connectivity index (χ1n) is 8.48. The molecule has 1 fully saturated rings. The fraction of sp³-hybridized carbons (Fsp3) is 0.667. The Morgan fingerprint density at radius 3 is 2.50 bits per heavy atom. The molecule has 24 heavy (non-hydrogen) atoms. The van der Waals surface area contributed by atoms with Crippen LogP contribution >= 0.6 is 0 Å². The van der Waals surface area contributed by atoms with E-state index in [2.05, 4.69) is 5.32 Å². The monoisotopic (exact) mass is 345 g/mol. The summed E-state index contributed by atoms with van der Waals surface area (Å²) in [5.74, 6) is -0.225. The molecule has 3 nitrogen and oxygen atoms in total. The van der Waals surface area contributed by atoms with E-state index in [0.29, 0.717) is 32.4 Å². The summed E-state index contributed by atoms with van der Waals surface area (Å²) < 4.78 is 45.3. The van der Waals surface area contributed by atoms with E-state index >= 15 is 0 Å². The van der Waals surface area contributed by atoms with Crippen molar-refractivity contribution in [1.29, 1.82) is 0 Å². The zero-order valence-corrected chi connectivity index (χ0v) is 14.0. The minimum absolute atomic E-state index is 0.00335. The second kappa shape index (κ2) is 8.32. The molecule has 6 heteroatoms. The number of piperidine rings is 1. The van der Waals surface area contributed by atoms with Crippen LogP contribution in [0.2, 0.25) is 0 Å². The van der Waals surface area contributed by atoms with Crippen molar-refractivity contribution in [1.82, 2.24) is 5.32 Å². The van der Waals surface area contributed by atoms with Gasteiger partial charge in [-0.25, -0.2) is 0 Å². The molecule has 1 saturated heterocycles. The van der Waals surface area contributed by atoms with Crippen LogP contribution in [0.5, 0.6) is 0 Å². The third-order valence-electron chi connectivity index (χ3n) is 4.83. The highest BCUT2D eigenvalue weighted by atomic mass is 19.4. The third-order valence-corrected chi connectivity index (χ3v) is 4.83. The van der Waals surface area contributed by atoms with Gasteiger partial charge in [-0.05, 0) is 50.3 Å². The lowest BCUT2D eigenvalue weighted by atomic mass is 9.73. The molecule has 1 aliphatic rings. The van der Waals surface area contributed by atoms with Crippen LogP contribution in [0, 0.1) is 5.92 Å². The lowest BCUT2D eigenvalue weighted by molar-refractivity contribution is -0.142. The molecule has 0 amide bonds. The molecule has 2 N–H and O–H groups in total. The zero-order chi connectivity index (χ0) is 17.6. The number of rotatable bonds is 7.